The zero-order valence-electron chi connectivity index (χ0n) is 14.4. The van der Waals surface area contributed by atoms with Crippen LogP contribution in [-0.2, 0) is 16.6 Å². The summed E-state index contributed by atoms with van der Waals surface area (Å²) in [5.41, 5.74) is 1.64. The van der Waals surface area contributed by atoms with Crippen LogP contribution in [-0.4, -0.2) is 29.9 Å². The molecule has 1 saturated carbocycles. The smallest absolute Gasteiger partial charge is 0.274 e. The van der Waals surface area contributed by atoms with Gasteiger partial charge < -0.3 is 0 Å². The second-order valence-corrected chi connectivity index (χ2v) is 8.59. The molecule has 0 saturated heterocycles. The Hall–Kier alpha value is -2.21. The van der Waals surface area contributed by atoms with Crippen molar-refractivity contribution in [2.24, 2.45) is 0 Å². The van der Waals surface area contributed by atoms with Crippen LogP contribution in [0.15, 0.2) is 29.2 Å². The quantitative estimate of drug-likeness (QED) is 0.231. The van der Waals surface area contributed by atoms with Gasteiger partial charge >= 0.3 is 0 Å². The Morgan fingerprint density at radius 1 is 1.14 bits per heavy atom. The highest BCUT2D eigenvalue weighted by Crippen LogP contribution is 2.36. The number of carbonyl (C=O) groups excluding carboxylic acids is 1. The van der Waals surface area contributed by atoms with Gasteiger partial charge in [0.2, 0.25) is 10.0 Å². The van der Waals surface area contributed by atoms with E-state index in [4.69, 9.17) is 16.8 Å². The molecular formula is C17H13ClF4N2O4S. The zero-order valence-corrected chi connectivity index (χ0v) is 16.0. The van der Waals surface area contributed by atoms with Gasteiger partial charge in [0.15, 0.2) is 23.3 Å². The molecule has 6 nitrogen and oxygen atoms in total. The Bertz CT molecular complexity index is 1090. The van der Waals surface area contributed by atoms with Crippen LogP contribution >= 0.6 is 11.6 Å². The largest absolute Gasteiger partial charge is 0.288 e. The predicted molar refractivity (Wildman–Crippen MR) is 92.7 cm³/mol. The Balaban J connectivity index is 2.00. The van der Waals surface area contributed by atoms with Gasteiger partial charge in [-0.05, 0) is 30.5 Å². The highest BCUT2D eigenvalue weighted by Gasteiger charge is 2.41. The minimum atomic E-state index is -4.74. The molecule has 1 fully saturated rings. The van der Waals surface area contributed by atoms with E-state index in [-0.39, 0.29) is 28.8 Å². The van der Waals surface area contributed by atoms with Crippen LogP contribution < -0.4 is 5.48 Å². The number of hydroxylamine groups is 1. The molecule has 0 heterocycles. The molecule has 2 N–H and O–H groups in total. The number of hydrogen-bond acceptors (Lipinski definition) is 4. The Labute approximate surface area is 167 Å². The third-order valence-corrected chi connectivity index (χ3v) is 6.60. The van der Waals surface area contributed by atoms with Crippen molar-refractivity contribution in [2.75, 3.05) is 0 Å². The molecule has 0 bridgehead atoms. The van der Waals surface area contributed by atoms with E-state index in [1.165, 1.54) is 23.7 Å². The van der Waals surface area contributed by atoms with Crippen molar-refractivity contribution in [3.63, 3.8) is 0 Å². The summed E-state index contributed by atoms with van der Waals surface area (Å²) in [6.45, 7) is -0.382. The molecule has 2 aromatic carbocycles. The van der Waals surface area contributed by atoms with Gasteiger partial charge in [0.1, 0.15) is 4.90 Å². The van der Waals surface area contributed by atoms with E-state index in [2.05, 4.69) is 0 Å². The van der Waals surface area contributed by atoms with Gasteiger partial charge in [-0.25, -0.2) is 31.5 Å². The van der Waals surface area contributed by atoms with Crippen LogP contribution in [0.5, 0.6) is 0 Å². The number of benzene rings is 2. The zero-order chi connectivity index (χ0) is 21.5. The first kappa shape index (κ1) is 21.5. The number of halogens is 5. The maximum atomic E-state index is 14.1. The van der Waals surface area contributed by atoms with Crippen molar-refractivity contribution in [3.05, 3.63) is 63.7 Å². The molecule has 3 rings (SSSR count). The normalized spacial score (nSPS) is 14.3. The summed E-state index contributed by atoms with van der Waals surface area (Å²) in [5.74, 6) is -9.03. The maximum Gasteiger partial charge on any atom is 0.274 e. The topological polar surface area (TPSA) is 86.7 Å². The lowest BCUT2D eigenvalue weighted by molar-refractivity contribution is 0.0706. The van der Waals surface area contributed by atoms with Crippen molar-refractivity contribution < 1.29 is 36.0 Å². The molecule has 0 aliphatic heterocycles. The number of rotatable bonds is 6. The van der Waals surface area contributed by atoms with Crippen LogP contribution in [0.25, 0.3) is 0 Å². The first-order valence-electron chi connectivity index (χ1n) is 8.15. The fourth-order valence-electron chi connectivity index (χ4n) is 2.69. The summed E-state index contributed by atoms with van der Waals surface area (Å²) in [6, 6.07) is 3.29. The van der Waals surface area contributed by atoms with E-state index in [1.54, 1.807) is 0 Å². The lowest BCUT2D eigenvalue weighted by Crippen LogP contribution is -2.33. The van der Waals surface area contributed by atoms with Gasteiger partial charge in [0.05, 0.1) is 0 Å². The van der Waals surface area contributed by atoms with Gasteiger partial charge in [-0.2, -0.15) is 4.31 Å². The molecule has 12 heteroatoms. The van der Waals surface area contributed by atoms with Gasteiger partial charge in [0.25, 0.3) is 5.91 Å². The average molecular weight is 453 g/mol. The van der Waals surface area contributed by atoms with Crippen molar-refractivity contribution >= 4 is 27.5 Å². The number of carbonyl (C=O) groups is 1. The summed E-state index contributed by atoms with van der Waals surface area (Å²) >= 11 is 6.07. The van der Waals surface area contributed by atoms with Crippen molar-refractivity contribution in [1.82, 2.24) is 9.79 Å². The highest BCUT2D eigenvalue weighted by molar-refractivity contribution is 7.89. The van der Waals surface area contributed by atoms with Crippen molar-refractivity contribution in [2.45, 2.75) is 30.3 Å². The van der Waals surface area contributed by atoms with E-state index >= 15 is 0 Å². The lowest BCUT2D eigenvalue weighted by Gasteiger charge is -2.23. The van der Waals surface area contributed by atoms with Crippen molar-refractivity contribution in [3.8, 4) is 0 Å². The molecule has 0 spiro atoms. The average Bonchev–Trinajstić information content (AvgIpc) is 3.52. The Kier molecular flexibility index (Phi) is 5.86. The maximum absolute atomic E-state index is 14.1. The Morgan fingerprint density at radius 2 is 1.79 bits per heavy atom. The monoisotopic (exact) mass is 452 g/mol. The molecule has 0 atom stereocenters. The Morgan fingerprint density at radius 3 is 2.34 bits per heavy atom. The highest BCUT2D eigenvalue weighted by atomic mass is 35.5. The van der Waals surface area contributed by atoms with Gasteiger partial charge in [-0.3, -0.25) is 10.0 Å². The van der Waals surface area contributed by atoms with Gasteiger partial charge in [-0.15, -0.1) is 0 Å². The summed E-state index contributed by atoms with van der Waals surface area (Å²) < 4.78 is 81.0. The molecule has 2 aromatic rings. The molecule has 1 amide bonds. The van der Waals surface area contributed by atoms with Crippen LogP contribution in [0.3, 0.4) is 0 Å². The number of sulfonamides is 1. The van der Waals surface area contributed by atoms with Crippen molar-refractivity contribution in [1.29, 1.82) is 0 Å². The van der Waals surface area contributed by atoms with E-state index in [1.807, 2.05) is 0 Å². The number of nitrogens with one attached hydrogen (secondary N) is 1. The van der Waals surface area contributed by atoms with E-state index in [9.17, 15) is 30.8 Å². The second-order valence-electron chi connectivity index (χ2n) is 6.33. The molecule has 156 valence electrons. The van der Waals surface area contributed by atoms with E-state index in [0.717, 1.165) is 4.31 Å². The van der Waals surface area contributed by atoms with E-state index < -0.39 is 50.1 Å². The lowest BCUT2D eigenvalue weighted by atomic mass is 10.1. The molecule has 0 aromatic heterocycles. The molecule has 1 aliphatic rings. The summed E-state index contributed by atoms with van der Waals surface area (Å²) in [6.07, 6.45) is 0.852. The first-order valence-corrected chi connectivity index (χ1v) is 9.97. The standard InChI is InChI=1S/C17H13ClF4N2O4S/c18-11-5-8(17(25)23-26)1-2-9(11)7-24(10-3-4-10)29(27,28)13-6-12(19)14(20)16(22)15(13)21/h1-2,5-6,10,26H,3-4,7H2,(H,23,25). The van der Waals surface area contributed by atoms with Crippen LogP contribution in [0.2, 0.25) is 5.02 Å². The third-order valence-electron chi connectivity index (χ3n) is 4.35. The van der Waals surface area contributed by atoms with E-state index in [0.29, 0.717) is 12.8 Å². The third kappa shape index (κ3) is 4.08. The minimum absolute atomic E-state index is 0.00389. The van der Waals surface area contributed by atoms with Crippen LogP contribution in [0.4, 0.5) is 17.6 Å². The fourth-order valence-corrected chi connectivity index (χ4v) is 4.66. The molecule has 0 radical (unpaired) electrons. The van der Waals surface area contributed by atoms with Gasteiger partial charge in [0, 0.05) is 29.2 Å². The summed E-state index contributed by atoms with van der Waals surface area (Å²) in [7, 11) is -4.74. The SMILES string of the molecule is O=C(NO)c1ccc(CN(C2CC2)S(=O)(=O)c2cc(F)c(F)c(F)c2F)c(Cl)c1. The number of hydrogen-bond donors (Lipinski definition) is 2. The first-order chi connectivity index (χ1) is 13.6. The fraction of sp³-hybridized carbons (Fsp3) is 0.235. The predicted octanol–water partition coefficient (Wildman–Crippen LogP) is 3.37. The summed E-state index contributed by atoms with van der Waals surface area (Å²) in [5, 5.41) is 8.62. The number of nitrogens with zero attached hydrogens (tertiary/aromatic N) is 1. The van der Waals surface area contributed by atoms with Crippen LogP contribution in [0.1, 0.15) is 28.8 Å². The van der Waals surface area contributed by atoms with Crippen LogP contribution in [0, 0.1) is 23.3 Å². The second kappa shape index (κ2) is 7.90. The molecule has 1 aliphatic carbocycles. The van der Waals surface area contributed by atoms with Gasteiger partial charge in [-0.1, -0.05) is 17.7 Å². The minimum Gasteiger partial charge on any atom is -0.288 e. The summed E-state index contributed by atoms with van der Waals surface area (Å²) in [4.78, 5) is 10.1. The molecule has 0 unspecified atom stereocenters. The molecule has 29 heavy (non-hydrogen) atoms. The number of amides is 1. The molecular weight excluding hydrogens is 440 g/mol.